The average Bonchev–Trinajstić information content (AvgIpc) is 3.23. The van der Waals surface area contributed by atoms with Gasteiger partial charge >= 0.3 is 6.09 Å². The van der Waals surface area contributed by atoms with Crippen LogP contribution in [0.25, 0.3) is 22.5 Å². The van der Waals surface area contributed by atoms with Crippen LogP contribution in [-0.2, 0) is 15.0 Å². The lowest BCUT2D eigenvalue weighted by Crippen LogP contribution is -2.52. The SMILES string of the molecule is COC=CC(Br)=Nn1cnc(-c2ccc(C3(NC(=O)OC(C)(C)C)CCC3)cc2)c1-c1ccccc1. The normalized spacial score (nSPS) is 15.4. The summed E-state index contributed by atoms with van der Waals surface area (Å²) in [6, 6.07) is 18.3. The van der Waals surface area contributed by atoms with Gasteiger partial charge in [0.15, 0.2) is 0 Å². The van der Waals surface area contributed by atoms with Gasteiger partial charge in [0.25, 0.3) is 0 Å². The molecule has 36 heavy (non-hydrogen) atoms. The number of hydrogen-bond acceptors (Lipinski definition) is 5. The Kier molecular flexibility index (Phi) is 7.64. The van der Waals surface area contributed by atoms with E-state index in [9.17, 15) is 4.79 Å². The molecule has 0 atom stereocenters. The van der Waals surface area contributed by atoms with Gasteiger partial charge in [-0.25, -0.2) is 14.5 Å². The predicted molar refractivity (Wildman–Crippen MR) is 146 cm³/mol. The minimum Gasteiger partial charge on any atom is -0.504 e. The molecule has 1 N–H and O–H groups in total. The first kappa shape index (κ1) is 25.7. The molecule has 188 valence electrons. The van der Waals surface area contributed by atoms with E-state index in [0.29, 0.717) is 4.62 Å². The maximum Gasteiger partial charge on any atom is 0.408 e. The van der Waals surface area contributed by atoms with Gasteiger partial charge in [-0.05, 0) is 61.5 Å². The van der Waals surface area contributed by atoms with Gasteiger partial charge in [-0.2, -0.15) is 5.10 Å². The fourth-order valence-corrected chi connectivity index (χ4v) is 4.49. The Morgan fingerprint density at radius 3 is 2.39 bits per heavy atom. The number of aromatic nitrogens is 2. The van der Waals surface area contributed by atoms with E-state index in [1.165, 1.54) is 0 Å². The lowest BCUT2D eigenvalue weighted by molar-refractivity contribution is 0.0377. The Morgan fingerprint density at radius 2 is 1.81 bits per heavy atom. The van der Waals surface area contributed by atoms with Crippen LogP contribution in [0.1, 0.15) is 45.6 Å². The zero-order chi connectivity index (χ0) is 25.8. The number of carbonyl (C=O) groups is 1. The molecule has 1 aliphatic carbocycles. The summed E-state index contributed by atoms with van der Waals surface area (Å²) in [4.78, 5) is 17.2. The zero-order valence-electron chi connectivity index (χ0n) is 21.0. The van der Waals surface area contributed by atoms with Crippen LogP contribution in [0.4, 0.5) is 4.79 Å². The van der Waals surface area contributed by atoms with Crippen molar-refractivity contribution < 1.29 is 14.3 Å². The third-order valence-electron chi connectivity index (χ3n) is 6.00. The van der Waals surface area contributed by atoms with Crippen molar-refractivity contribution in [2.45, 2.75) is 51.2 Å². The number of benzene rings is 2. The molecule has 1 aromatic heterocycles. The van der Waals surface area contributed by atoms with Crippen LogP contribution in [0.5, 0.6) is 0 Å². The van der Waals surface area contributed by atoms with Gasteiger partial charge < -0.3 is 14.8 Å². The van der Waals surface area contributed by atoms with Gasteiger partial charge in [0, 0.05) is 17.2 Å². The van der Waals surface area contributed by atoms with Crippen molar-refractivity contribution in [2.24, 2.45) is 5.10 Å². The van der Waals surface area contributed by atoms with E-state index < -0.39 is 11.1 Å². The average molecular weight is 551 g/mol. The zero-order valence-corrected chi connectivity index (χ0v) is 22.6. The molecular weight excluding hydrogens is 520 g/mol. The summed E-state index contributed by atoms with van der Waals surface area (Å²) in [5, 5.41) is 7.74. The molecule has 4 rings (SSSR count). The second-order valence-electron chi connectivity index (χ2n) is 9.75. The van der Waals surface area contributed by atoms with Crippen LogP contribution in [0.3, 0.4) is 0 Å². The predicted octanol–water partition coefficient (Wildman–Crippen LogP) is 6.84. The monoisotopic (exact) mass is 550 g/mol. The number of hydrogen-bond donors (Lipinski definition) is 1. The fourth-order valence-electron chi connectivity index (χ4n) is 4.21. The van der Waals surface area contributed by atoms with Crippen LogP contribution in [0.2, 0.25) is 0 Å². The topological polar surface area (TPSA) is 77.7 Å². The Bertz CT molecular complexity index is 1250. The van der Waals surface area contributed by atoms with E-state index in [1.54, 1.807) is 30.5 Å². The Morgan fingerprint density at radius 1 is 1.11 bits per heavy atom. The number of nitrogens with zero attached hydrogens (tertiary/aromatic N) is 3. The second-order valence-corrected chi connectivity index (χ2v) is 10.6. The lowest BCUT2D eigenvalue weighted by atomic mass is 9.71. The molecule has 3 aromatic rings. The van der Waals surface area contributed by atoms with Gasteiger partial charge in [0.2, 0.25) is 0 Å². The van der Waals surface area contributed by atoms with Gasteiger partial charge in [-0.1, -0.05) is 54.6 Å². The van der Waals surface area contributed by atoms with Crippen molar-refractivity contribution in [3.05, 3.63) is 78.8 Å². The van der Waals surface area contributed by atoms with E-state index in [0.717, 1.165) is 47.3 Å². The van der Waals surface area contributed by atoms with Crippen molar-refractivity contribution in [2.75, 3.05) is 7.11 Å². The molecule has 0 radical (unpaired) electrons. The molecule has 1 amide bonds. The van der Waals surface area contributed by atoms with Crippen molar-refractivity contribution in [3.63, 3.8) is 0 Å². The molecule has 2 aromatic carbocycles. The smallest absolute Gasteiger partial charge is 0.408 e. The number of carbonyl (C=O) groups excluding carboxylic acids is 1. The molecule has 1 saturated carbocycles. The van der Waals surface area contributed by atoms with Gasteiger partial charge in [0.1, 0.15) is 16.5 Å². The van der Waals surface area contributed by atoms with Crippen LogP contribution < -0.4 is 5.32 Å². The summed E-state index contributed by atoms with van der Waals surface area (Å²) in [5.74, 6) is 0. The van der Waals surface area contributed by atoms with Crippen LogP contribution >= 0.6 is 15.9 Å². The van der Waals surface area contributed by atoms with Gasteiger partial charge in [0.05, 0.1) is 30.3 Å². The van der Waals surface area contributed by atoms with E-state index in [-0.39, 0.29) is 6.09 Å². The molecule has 1 aliphatic rings. The van der Waals surface area contributed by atoms with E-state index in [4.69, 9.17) is 14.5 Å². The second kappa shape index (κ2) is 10.7. The number of ether oxygens (including phenoxy) is 2. The number of imidazole rings is 1. The summed E-state index contributed by atoms with van der Waals surface area (Å²) in [6.07, 6.45) is 7.41. The maximum atomic E-state index is 12.5. The number of amides is 1. The Hall–Kier alpha value is -3.39. The highest BCUT2D eigenvalue weighted by Gasteiger charge is 2.41. The highest BCUT2D eigenvalue weighted by atomic mass is 79.9. The molecule has 1 fully saturated rings. The van der Waals surface area contributed by atoms with Gasteiger partial charge in [-0.15, -0.1) is 0 Å². The summed E-state index contributed by atoms with van der Waals surface area (Å²) >= 11 is 3.46. The van der Waals surface area contributed by atoms with Crippen molar-refractivity contribution in [3.8, 4) is 22.5 Å². The lowest BCUT2D eigenvalue weighted by Gasteiger charge is -2.43. The molecule has 7 nitrogen and oxygen atoms in total. The third kappa shape index (κ3) is 5.87. The number of halogens is 1. The molecular formula is C28H31BrN4O3. The van der Waals surface area contributed by atoms with Crippen LogP contribution in [0, 0.1) is 0 Å². The molecule has 1 heterocycles. The summed E-state index contributed by atoms with van der Waals surface area (Å²) in [7, 11) is 1.59. The standard InChI is InChI=1S/C28H31BrN4O3/c1-27(2,3)36-26(34)31-28(16-8-17-28)22-13-11-20(12-14-22)24-25(21-9-6-5-7-10-21)33(19-30-24)32-23(29)15-18-35-4/h5-7,9-15,18-19H,8,16-17H2,1-4H3,(H,31,34). The number of methoxy groups -OCH3 is 1. The molecule has 0 unspecified atom stereocenters. The quantitative estimate of drug-likeness (QED) is 0.258. The summed E-state index contributed by atoms with van der Waals surface area (Å²) < 4.78 is 12.9. The summed E-state index contributed by atoms with van der Waals surface area (Å²) in [5.41, 5.74) is 3.77. The molecule has 0 saturated heterocycles. The highest BCUT2D eigenvalue weighted by molar-refractivity contribution is 9.18. The highest BCUT2D eigenvalue weighted by Crippen LogP contribution is 2.42. The number of alkyl carbamates (subject to hydrolysis) is 1. The van der Waals surface area contributed by atoms with E-state index in [1.807, 2.05) is 51.1 Å². The van der Waals surface area contributed by atoms with Crippen LogP contribution in [-0.4, -0.2) is 33.1 Å². The van der Waals surface area contributed by atoms with Crippen molar-refractivity contribution in [1.29, 1.82) is 0 Å². The largest absolute Gasteiger partial charge is 0.504 e. The molecule has 0 bridgehead atoms. The van der Waals surface area contributed by atoms with Crippen molar-refractivity contribution >= 4 is 26.6 Å². The third-order valence-corrected chi connectivity index (χ3v) is 6.42. The number of rotatable bonds is 7. The first-order valence-electron chi connectivity index (χ1n) is 11.9. The van der Waals surface area contributed by atoms with E-state index in [2.05, 4.69) is 50.6 Å². The van der Waals surface area contributed by atoms with E-state index >= 15 is 0 Å². The molecule has 0 aliphatic heterocycles. The maximum absolute atomic E-state index is 12.5. The summed E-state index contributed by atoms with van der Waals surface area (Å²) in [6.45, 7) is 5.61. The minimum atomic E-state index is -0.539. The first-order valence-corrected chi connectivity index (χ1v) is 12.7. The number of nitrogens with one attached hydrogen (secondary N) is 1. The first-order chi connectivity index (χ1) is 17.2. The Labute approximate surface area is 220 Å². The molecule has 0 spiro atoms. The number of allylic oxidation sites excluding steroid dienone is 1. The van der Waals surface area contributed by atoms with Gasteiger partial charge in [-0.3, -0.25) is 0 Å². The minimum absolute atomic E-state index is 0.387. The molecule has 8 heteroatoms. The van der Waals surface area contributed by atoms with Crippen LogP contribution in [0.15, 0.2) is 78.4 Å². The van der Waals surface area contributed by atoms with Crippen molar-refractivity contribution in [1.82, 2.24) is 15.0 Å². The Balaban J connectivity index is 1.67. The fraction of sp³-hybridized carbons (Fsp3) is 0.321.